The Hall–Kier alpha value is -0.570. The minimum Gasteiger partial charge on any atom is -0.340 e. The van der Waals surface area contributed by atoms with Crippen molar-refractivity contribution in [3.8, 4) is 0 Å². The van der Waals surface area contributed by atoms with E-state index in [0.29, 0.717) is 17.9 Å². The Bertz CT molecular complexity index is 224. The lowest BCUT2D eigenvalue weighted by atomic mass is 10.0. The van der Waals surface area contributed by atoms with E-state index in [1.165, 1.54) is 25.7 Å². The van der Waals surface area contributed by atoms with Crippen LogP contribution in [0, 0.1) is 5.92 Å². The van der Waals surface area contributed by atoms with E-state index >= 15 is 0 Å². The van der Waals surface area contributed by atoms with E-state index < -0.39 is 0 Å². The highest BCUT2D eigenvalue weighted by Gasteiger charge is 2.24. The van der Waals surface area contributed by atoms with Gasteiger partial charge in [0.2, 0.25) is 5.91 Å². The second-order valence-corrected chi connectivity index (χ2v) is 5.05. The maximum Gasteiger partial charge on any atom is 0.222 e. The molecule has 0 radical (unpaired) electrons. The monoisotopic (exact) mass is 210 g/mol. The molecule has 0 spiro atoms. The predicted molar refractivity (Wildman–Crippen MR) is 60.6 cm³/mol. The van der Waals surface area contributed by atoms with E-state index in [1.807, 2.05) is 4.90 Å². The van der Waals surface area contributed by atoms with Crippen molar-refractivity contribution in [3.05, 3.63) is 0 Å². The lowest BCUT2D eigenvalue weighted by Crippen LogP contribution is -2.51. The fourth-order valence-electron chi connectivity index (χ4n) is 2.75. The molecule has 1 saturated heterocycles. The van der Waals surface area contributed by atoms with Gasteiger partial charge in [0.1, 0.15) is 0 Å². The zero-order valence-corrected chi connectivity index (χ0v) is 9.67. The third kappa shape index (κ3) is 2.94. The van der Waals surface area contributed by atoms with Gasteiger partial charge in [-0.2, -0.15) is 0 Å². The summed E-state index contributed by atoms with van der Waals surface area (Å²) < 4.78 is 0. The number of nitrogens with zero attached hydrogens (tertiary/aromatic N) is 1. The third-order valence-corrected chi connectivity index (χ3v) is 3.66. The van der Waals surface area contributed by atoms with E-state index in [4.69, 9.17) is 0 Å². The number of amides is 1. The summed E-state index contributed by atoms with van der Waals surface area (Å²) in [4.78, 5) is 14.0. The number of piperazine rings is 1. The molecule has 86 valence electrons. The average Bonchev–Trinajstić information content (AvgIpc) is 2.70. The second kappa shape index (κ2) is 4.97. The summed E-state index contributed by atoms with van der Waals surface area (Å²) in [5.41, 5.74) is 0. The van der Waals surface area contributed by atoms with Crippen molar-refractivity contribution in [2.75, 3.05) is 19.6 Å². The standard InChI is InChI=1S/C12H22N2O/c1-10-9-14(7-6-13-10)12(15)8-11-4-2-3-5-11/h10-11,13H,2-9H2,1H3/t10-/m0/s1. The van der Waals surface area contributed by atoms with Crippen LogP contribution in [-0.4, -0.2) is 36.5 Å². The summed E-state index contributed by atoms with van der Waals surface area (Å²) in [6, 6.07) is 0.464. The van der Waals surface area contributed by atoms with Crippen LogP contribution < -0.4 is 5.32 Å². The molecular weight excluding hydrogens is 188 g/mol. The van der Waals surface area contributed by atoms with Gasteiger partial charge in [0.05, 0.1) is 0 Å². The van der Waals surface area contributed by atoms with E-state index in [-0.39, 0.29) is 0 Å². The van der Waals surface area contributed by atoms with Gasteiger partial charge in [-0.1, -0.05) is 12.8 Å². The fourth-order valence-corrected chi connectivity index (χ4v) is 2.75. The van der Waals surface area contributed by atoms with Gasteiger partial charge in [-0.15, -0.1) is 0 Å². The van der Waals surface area contributed by atoms with Crippen LogP contribution in [0.2, 0.25) is 0 Å². The van der Waals surface area contributed by atoms with Crippen LogP contribution >= 0.6 is 0 Å². The first-order valence-corrected chi connectivity index (χ1v) is 6.27. The molecule has 1 aliphatic heterocycles. The Morgan fingerprint density at radius 3 is 2.80 bits per heavy atom. The van der Waals surface area contributed by atoms with Crippen molar-refractivity contribution in [2.24, 2.45) is 5.92 Å². The topological polar surface area (TPSA) is 32.3 Å². The highest BCUT2D eigenvalue weighted by molar-refractivity contribution is 5.76. The van der Waals surface area contributed by atoms with E-state index in [1.54, 1.807) is 0 Å². The summed E-state index contributed by atoms with van der Waals surface area (Å²) >= 11 is 0. The van der Waals surface area contributed by atoms with Gasteiger partial charge in [-0.3, -0.25) is 4.79 Å². The first-order valence-electron chi connectivity index (χ1n) is 6.27. The zero-order valence-electron chi connectivity index (χ0n) is 9.67. The first kappa shape index (κ1) is 10.9. The quantitative estimate of drug-likeness (QED) is 0.747. The number of nitrogens with one attached hydrogen (secondary N) is 1. The summed E-state index contributed by atoms with van der Waals surface area (Å²) in [7, 11) is 0. The van der Waals surface area contributed by atoms with Crippen LogP contribution in [-0.2, 0) is 4.79 Å². The van der Waals surface area contributed by atoms with Crippen molar-refractivity contribution >= 4 is 5.91 Å². The van der Waals surface area contributed by atoms with E-state index in [2.05, 4.69) is 12.2 Å². The van der Waals surface area contributed by atoms with Crippen LogP contribution in [0.25, 0.3) is 0 Å². The molecule has 1 saturated carbocycles. The van der Waals surface area contributed by atoms with Gasteiger partial charge in [0.25, 0.3) is 0 Å². The smallest absolute Gasteiger partial charge is 0.222 e. The molecule has 1 atom stereocenters. The maximum absolute atomic E-state index is 12.0. The van der Waals surface area contributed by atoms with Crippen molar-refractivity contribution in [3.63, 3.8) is 0 Å². The summed E-state index contributed by atoms with van der Waals surface area (Å²) in [6.45, 7) is 4.90. The molecule has 1 amide bonds. The molecule has 3 heteroatoms. The van der Waals surface area contributed by atoms with Crippen molar-refractivity contribution < 1.29 is 4.79 Å². The van der Waals surface area contributed by atoms with Crippen LogP contribution in [0.3, 0.4) is 0 Å². The van der Waals surface area contributed by atoms with Gasteiger partial charge in [-0.25, -0.2) is 0 Å². The molecule has 0 bridgehead atoms. The van der Waals surface area contributed by atoms with Crippen LogP contribution in [0.15, 0.2) is 0 Å². The van der Waals surface area contributed by atoms with Gasteiger partial charge >= 0.3 is 0 Å². The molecule has 0 aromatic heterocycles. The molecule has 1 aliphatic carbocycles. The first-order chi connectivity index (χ1) is 7.25. The van der Waals surface area contributed by atoms with Crippen molar-refractivity contribution in [2.45, 2.75) is 45.1 Å². The molecule has 2 rings (SSSR count). The Morgan fingerprint density at radius 2 is 2.13 bits per heavy atom. The Balaban J connectivity index is 1.78. The third-order valence-electron chi connectivity index (χ3n) is 3.66. The molecule has 0 aromatic carbocycles. The number of carbonyl (C=O) groups excluding carboxylic acids is 1. The second-order valence-electron chi connectivity index (χ2n) is 5.05. The number of carbonyl (C=O) groups is 1. The lowest BCUT2D eigenvalue weighted by Gasteiger charge is -2.32. The fraction of sp³-hybridized carbons (Fsp3) is 0.917. The largest absolute Gasteiger partial charge is 0.340 e. The van der Waals surface area contributed by atoms with Crippen molar-refractivity contribution in [1.29, 1.82) is 0 Å². The number of rotatable bonds is 2. The maximum atomic E-state index is 12.0. The SMILES string of the molecule is C[C@H]1CN(C(=O)CC2CCCC2)CCN1. The predicted octanol–water partition coefficient (Wildman–Crippen LogP) is 1.39. The van der Waals surface area contributed by atoms with Crippen molar-refractivity contribution in [1.82, 2.24) is 10.2 Å². The van der Waals surface area contributed by atoms with Gasteiger partial charge in [0.15, 0.2) is 0 Å². The molecule has 15 heavy (non-hydrogen) atoms. The Kier molecular flexibility index (Phi) is 3.62. The number of hydrogen-bond donors (Lipinski definition) is 1. The lowest BCUT2D eigenvalue weighted by molar-refractivity contribution is -0.133. The highest BCUT2D eigenvalue weighted by atomic mass is 16.2. The molecule has 1 heterocycles. The molecule has 2 fully saturated rings. The van der Waals surface area contributed by atoms with Crippen LogP contribution in [0.5, 0.6) is 0 Å². The van der Waals surface area contributed by atoms with E-state index in [0.717, 1.165) is 26.1 Å². The normalized spacial score (nSPS) is 28.3. The van der Waals surface area contributed by atoms with E-state index in [9.17, 15) is 4.79 Å². The zero-order chi connectivity index (χ0) is 10.7. The van der Waals surface area contributed by atoms with Gasteiger partial charge < -0.3 is 10.2 Å². The summed E-state index contributed by atoms with van der Waals surface area (Å²) in [5, 5.41) is 3.37. The Morgan fingerprint density at radius 1 is 1.40 bits per heavy atom. The minimum absolute atomic E-state index is 0.384. The van der Waals surface area contributed by atoms with Gasteiger partial charge in [-0.05, 0) is 25.7 Å². The van der Waals surface area contributed by atoms with Gasteiger partial charge in [0, 0.05) is 32.1 Å². The average molecular weight is 210 g/mol. The summed E-state index contributed by atoms with van der Waals surface area (Å²) in [5.74, 6) is 1.07. The van der Waals surface area contributed by atoms with Crippen LogP contribution in [0.4, 0.5) is 0 Å². The molecule has 3 nitrogen and oxygen atoms in total. The molecule has 2 aliphatic rings. The minimum atomic E-state index is 0.384. The molecular formula is C12H22N2O. The molecule has 1 N–H and O–H groups in total. The molecule has 0 unspecified atom stereocenters. The Labute approximate surface area is 92.2 Å². The van der Waals surface area contributed by atoms with Crippen LogP contribution in [0.1, 0.15) is 39.0 Å². The summed E-state index contributed by atoms with van der Waals surface area (Å²) in [6.07, 6.45) is 6.00. The molecule has 0 aromatic rings. The number of hydrogen-bond acceptors (Lipinski definition) is 2. The highest BCUT2D eigenvalue weighted by Crippen LogP contribution is 2.28.